The van der Waals surface area contributed by atoms with Crippen LogP contribution in [0.25, 0.3) is 0 Å². The molecule has 7 heteroatoms. The average molecular weight is 284 g/mol. The van der Waals surface area contributed by atoms with Gasteiger partial charge in [0.25, 0.3) is 0 Å². The zero-order valence-electron chi connectivity index (χ0n) is 11.4. The maximum absolute atomic E-state index is 11.7. The number of sulfone groups is 1. The van der Waals surface area contributed by atoms with Gasteiger partial charge in [-0.2, -0.15) is 5.10 Å². The molecule has 3 rings (SSSR count). The Labute approximate surface area is 113 Å². The third kappa shape index (κ3) is 2.09. The second-order valence-corrected chi connectivity index (χ2v) is 7.53. The van der Waals surface area contributed by atoms with Crippen LogP contribution in [0.15, 0.2) is 0 Å². The van der Waals surface area contributed by atoms with Gasteiger partial charge in [-0.25, -0.2) is 8.42 Å². The Hall–Kier alpha value is -1.24. The van der Waals surface area contributed by atoms with Gasteiger partial charge < -0.3 is 10.2 Å². The van der Waals surface area contributed by atoms with Crippen LogP contribution in [0.5, 0.6) is 0 Å². The van der Waals surface area contributed by atoms with Crippen LogP contribution in [0.4, 0.5) is 11.5 Å². The molecule has 0 amide bonds. The van der Waals surface area contributed by atoms with Crippen LogP contribution in [-0.4, -0.2) is 48.8 Å². The molecule has 1 saturated heterocycles. The Balaban J connectivity index is 1.97. The van der Waals surface area contributed by atoms with E-state index in [4.69, 9.17) is 0 Å². The van der Waals surface area contributed by atoms with Crippen molar-refractivity contribution in [2.45, 2.75) is 25.8 Å². The summed E-state index contributed by atoms with van der Waals surface area (Å²) in [6, 6.07) is 0.103. The van der Waals surface area contributed by atoms with Gasteiger partial charge in [-0.15, -0.1) is 0 Å². The van der Waals surface area contributed by atoms with E-state index in [-0.39, 0.29) is 11.8 Å². The standard InChI is InChI=1S/C12H20N4O2S/c1-3-10-11-12(15(2)14-10)16(6-5-13-11)9-4-7-19(17,18)8-9/h9,13H,3-8H2,1-2H3. The Morgan fingerprint density at radius 1 is 1.47 bits per heavy atom. The number of fused-ring (bicyclic) bond motifs is 1. The molecule has 0 saturated carbocycles. The molecule has 0 radical (unpaired) electrons. The largest absolute Gasteiger partial charge is 0.379 e. The van der Waals surface area contributed by atoms with E-state index in [1.165, 1.54) is 0 Å². The molecule has 1 fully saturated rings. The van der Waals surface area contributed by atoms with Crippen LogP contribution in [0.1, 0.15) is 19.0 Å². The monoisotopic (exact) mass is 284 g/mol. The van der Waals surface area contributed by atoms with Crippen molar-refractivity contribution in [1.82, 2.24) is 9.78 Å². The van der Waals surface area contributed by atoms with Crippen molar-refractivity contribution < 1.29 is 8.42 Å². The molecule has 106 valence electrons. The first-order valence-corrected chi connectivity index (χ1v) is 8.61. The molecule has 1 unspecified atom stereocenters. The van der Waals surface area contributed by atoms with Crippen molar-refractivity contribution in [2.75, 3.05) is 34.8 Å². The maximum atomic E-state index is 11.7. The number of hydrogen-bond donors (Lipinski definition) is 1. The fourth-order valence-corrected chi connectivity index (χ4v) is 4.84. The van der Waals surface area contributed by atoms with Crippen molar-refractivity contribution in [2.24, 2.45) is 7.05 Å². The van der Waals surface area contributed by atoms with Gasteiger partial charge in [0.05, 0.1) is 17.2 Å². The molecule has 6 nitrogen and oxygen atoms in total. The highest BCUT2D eigenvalue weighted by Crippen LogP contribution is 2.35. The van der Waals surface area contributed by atoms with Gasteiger partial charge >= 0.3 is 0 Å². The average Bonchev–Trinajstić information content (AvgIpc) is 2.90. The minimum absolute atomic E-state index is 0.103. The summed E-state index contributed by atoms with van der Waals surface area (Å²) >= 11 is 0. The van der Waals surface area contributed by atoms with E-state index in [9.17, 15) is 8.42 Å². The molecule has 1 N–H and O–H groups in total. The molecule has 1 atom stereocenters. The highest BCUT2D eigenvalue weighted by molar-refractivity contribution is 7.91. The highest BCUT2D eigenvalue weighted by atomic mass is 32.2. The summed E-state index contributed by atoms with van der Waals surface area (Å²) < 4.78 is 25.2. The predicted octanol–water partition coefficient (Wildman–Crippen LogP) is 0.401. The summed E-state index contributed by atoms with van der Waals surface area (Å²) in [6.07, 6.45) is 1.61. The predicted molar refractivity (Wildman–Crippen MR) is 75.5 cm³/mol. The third-order valence-electron chi connectivity index (χ3n) is 4.00. The second-order valence-electron chi connectivity index (χ2n) is 5.30. The van der Waals surface area contributed by atoms with Crippen LogP contribution in [0, 0.1) is 0 Å². The number of nitrogens with one attached hydrogen (secondary N) is 1. The fourth-order valence-electron chi connectivity index (χ4n) is 3.11. The summed E-state index contributed by atoms with van der Waals surface area (Å²) in [5.41, 5.74) is 2.14. The molecular formula is C12H20N4O2S. The number of aromatic nitrogens is 2. The van der Waals surface area contributed by atoms with Crippen LogP contribution >= 0.6 is 0 Å². The SMILES string of the molecule is CCc1nn(C)c2c1NCCN2C1CCS(=O)(=O)C1. The molecular weight excluding hydrogens is 264 g/mol. The van der Waals surface area contributed by atoms with Gasteiger partial charge in [-0.05, 0) is 12.8 Å². The summed E-state index contributed by atoms with van der Waals surface area (Å²) in [5.74, 6) is 1.64. The van der Waals surface area contributed by atoms with Crippen molar-refractivity contribution in [3.63, 3.8) is 0 Å². The van der Waals surface area contributed by atoms with Gasteiger partial charge in [-0.1, -0.05) is 6.92 Å². The number of hydrogen-bond acceptors (Lipinski definition) is 5. The topological polar surface area (TPSA) is 67.2 Å². The summed E-state index contributed by atoms with van der Waals surface area (Å²) in [4.78, 5) is 2.22. The Kier molecular flexibility index (Phi) is 2.96. The number of anilines is 2. The minimum Gasteiger partial charge on any atom is -0.379 e. The molecule has 0 aromatic carbocycles. The molecule has 3 heterocycles. The lowest BCUT2D eigenvalue weighted by atomic mass is 10.1. The smallest absolute Gasteiger partial charge is 0.152 e. The fraction of sp³-hybridized carbons (Fsp3) is 0.750. The molecule has 0 aliphatic carbocycles. The first-order valence-electron chi connectivity index (χ1n) is 6.78. The quantitative estimate of drug-likeness (QED) is 0.851. The van der Waals surface area contributed by atoms with Crippen molar-refractivity contribution in [3.05, 3.63) is 5.69 Å². The molecule has 0 spiro atoms. The van der Waals surface area contributed by atoms with E-state index >= 15 is 0 Å². The number of nitrogens with zero attached hydrogens (tertiary/aromatic N) is 3. The Morgan fingerprint density at radius 2 is 2.26 bits per heavy atom. The Bertz CT molecular complexity index is 593. The van der Waals surface area contributed by atoms with Gasteiger partial charge in [0.2, 0.25) is 0 Å². The second kappa shape index (κ2) is 4.40. The van der Waals surface area contributed by atoms with E-state index in [1.54, 1.807) is 0 Å². The highest BCUT2D eigenvalue weighted by Gasteiger charge is 2.36. The van der Waals surface area contributed by atoms with Crippen molar-refractivity contribution >= 4 is 21.3 Å². The minimum atomic E-state index is -2.85. The summed E-state index contributed by atoms with van der Waals surface area (Å²) in [7, 11) is -0.919. The lowest BCUT2D eigenvalue weighted by Crippen LogP contribution is -2.43. The lowest BCUT2D eigenvalue weighted by molar-refractivity contribution is 0.594. The summed E-state index contributed by atoms with van der Waals surface area (Å²) in [5, 5.41) is 7.93. The first-order chi connectivity index (χ1) is 9.02. The van der Waals surface area contributed by atoms with E-state index in [2.05, 4.69) is 22.2 Å². The molecule has 2 aliphatic rings. The van der Waals surface area contributed by atoms with Crippen molar-refractivity contribution in [3.8, 4) is 0 Å². The van der Waals surface area contributed by atoms with Gasteiger partial charge in [0, 0.05) is 26.2 Å². The molecule has 2 aliphatic heterocycles. The molecule has 19 heavy (non-hydrogen) atoms. The van der Waals surface area contributed by atoms with Crippen LogP contribution < -0.4 is 10.2 Å². The van der Waals surface area contributed by atoms with Crippen molar-refractivity contribution in [1.29, 1.82) is 0 Å². The first kappa shape index (κ1) is 12.8. The zero-order valence-corrected chi connectivity index (χ0v) is 12.2. The van der Waals surface area contributed by atoms with Crippen LogP contribution in [-0.2, 0) is 23.3 Å². The number of rotatable bonds is 2. The Morgan fingerprint density at radius 3 is 2.89 bits per heavy atom. The lowest BCUT2D eigenvalue weighted by Gasteiger charge is -2.34. The van der Waals surface area contributed by atoms with Gasteiger partial charge in [-0.3, -0.25) is 4.68 Å². The molecule has 1 aromatic rings. The maximum Gasteiger partial charge on any atom is 0.152 e. The number of aryl methyl sites for hydroxylation is 2. The summed E-state index contributed by atoms with van der Waals surface area (Å²) in [6.45, 7) is 3.78. The normalized spacial score (nSPS) is 25.2. The molecule has 0 bridgehead atoms. The van der Waals surface area contributed by atoms with E-state index in [1.807, 2.05) is 11.7 Å². The van der Waals surface area contributed by atoms with Gasteiger partial charge in [0.1, 0.15) is 5.69 Å². The van der Waals surface area contributed by atoms with E-state index in [0.29, 0.717) is 5.75 Å². The third-order valence-corrected chi connectivity index (χ3v) is 5.75. The zero-order chi connectivity index (χ0) is 13.6. The van der Waals surface area contributed by atoms with Crippen LogP contribution in [0.2, 0.25) is 0 Å². The molecule has 1 aromatic heterocycles. The van der Waals surface area contributed by atoms with E-state index < -0.39 is 9.84 Å². The van der Waals surface area contributed by atoms with Crippen LogP contribution in [0.3, 0.4) is 0 Å². The van der Waals surface area contributed by atoms with Gasteiger partial charge in [0.15, 0.2) is 15.7 Å². The van der Waals surface area contributed by atoms with E-state index in [0.717, 1.165) is 43.1 Å².